The van der Waals surface area contributed by atoms with Crippen LogP contribution < -0.4 is 10.1 Å². The van der Waals surface area contributed by atoms with Gasteiger partial charge >= 0.3 is 6.09 Å². The van der Waals surface area contributed by atoms with Gasteiger partial charge in [-0.15, -0.1) is 0 Å². The number of benzene rings is 1. The summed E-state index contributed by atoms with van der Waals surface area (Å²) in [7, 11) is 0. The van der Waals surface area contributed by atoms with E-state index in [9.17, 15) is 4.79 Å². The number of furan rings is 1. The summed E-state index contributed by atoms with van der Waals surface area (Å²) in [6.07, 6.45) is 0.768. The number of nitrogens with one attached hydrogen (secondary N) is 1. The molecule has 2 aromatic heterocycles. The molecule has 3 aromatic rings. The van der Waals surface area contributed by atoms with Gasteiger partial charge in [0.05, 0.1) is 18.5 Å². The lowest BCUT2D eigenvalue weighted by Crippen LogP contribution is -2.34. The van der Waals surface area contributed by atoms with Gasteiger partial charge in [0, 0.05) is 6.07 Å². The average Bonchev–Trinajstić information content (AvgIpc) is 3.23. The monoisotopic (exact) mass is 413 g/mol. The van der Waals surface area contributed by atoms with E-state index in [-0.39, 0.29) is 12.4 Å². The molecule has 1 N–H and O–H groups in total. The number of hydrogen-bond donors (Lipinski definition) is 1. The fourth-order valence-electron chi connectivity index (χ4n) is 2.16. The third-order valence-electron chi connectivity index (χ3n) is 3.36. The van der Waals surface area contributed by atoms with Crippen molar-refractivity contribution >= 4 is 40.9 Å². The van der Waals surface area contributed by atoms with Gasteiger partial charge in [-0.3, -0.25) is 0 Å². The normalized spacial score (nSPS) is 11.4. The first-order chi connectivity index (χ1) is 12.3. The average molecular weight is 415 g/mol. The molecule has 0 unspecified atom stereocenters. The molecular formula is C17H14Cl3N3O3. The van der Waals surface area contributed by atoms with Crippen LogP contribution in [-0.2, 0) is 0 Å². The van der Waals surface area contributed by atoms with Crippen LogP contribution in [0.5, 0.6) is 5.88 Å². The van der Waals surface area contributed by atoms with E-state index in [0.29, 0.717) is 11.5 Å². The smallest absolute Gasteiger partial charge is 0.414 e. The summed E-state index contributed by atoms with van der Waals surface area (Å²) in [5, 5.41) is 6.84. The summed E-state index contributed by atoms with van der Waals surface area (Å²) >= 11 is 16.9. The Hall–Kier alpha value is -2.15. The van der Waals surface area contributed by atoms with Gasteiger partial charge in [-0.25, -0.2) is 4.79 Å². The van der Waals surface area contributed by atoms with E-state index in [1.807, 2.05) is 31.2 Å². The van der Waals surface area contributed by atoms with Crippen LogP contribution in [0, 0.1) is 6.92 Å². The van der Waals surface area contributed by atoms with Crippen LogP contribution in [0.3, 0.4) is 0 Å². The molecular weight excluding hydrogens is 401 g/mol. The van der Waals surface area contributed by atoms with Gasteiger partial charge in [0.25, 0.3) is 0 Å². The fraction of sp³-hybridized carbons (Fsp3) is 0.176. The molecule has 0 saturated heterocycles. The van der Waals surface area contributed by atoms with Crippen molar-refractivity contribution in [1.29, 1.82) is 0 Å². The lowest BCUT2D eigenvalue weighted by atomic mass is 10.2. The van der Waals surface area contributed by atoms with Crippen molar-refractivity contribution in [2.24, 2.45) is 0 Å². The van der Waals surface area contributed by atoms with Crippen LogP contribution in [0.15, 0.2) is 53.1 Å². The largest absolute Gasteiger partial charge is 0.463 e. The Morgan fingerprint density at radius 3 is 2.62 bits per heavy atom. The Balaban J connectivity index is 1.89. The SMILES string of the molecule is Cc1ccc(-n2nc(-c3ccco3)cc2OC(=O)NCC(Cl)(Cl)Cl)cc1. The minimum Gasteiger partial charge on any atom is -0.463 e. The van der Waals surface area contributed by atoms with Crippen LogP contribution in [-0.4, -0.2) is 26.2 Å². The van der Waals surface area contributed by atoms with Crippen LogP contribution in [0.1, 0.15) is 5.56 Å². The van der Waals surface area contributed by atoms with E-state index < -0.39 is 9.89 Å². The van der Waals surface area contributed by atoms with Crippen molar-refractivity contribution in [3.05, 3.63) is 54.3 Å². The van der Waals surface area contributed by atoms with Gasteiger partial charge in [-0.1, -0.05) is 52.5 Å². The summed E-state index contributed by atoms with van der Waals surface area (Å²) in [5.74, 6) is 0.740. The zero-order chi connectivity index (χ0) is 18.7. The first-order valence-electron chi connectivity index (χ1n) is 7.55. The van der Waals surface area contributed by atoms with Crippen molar-refractivity contribution < 1.29 is 13.9 Å². The first-order valence-corrected chi connectivity index (χ1v) is 8.69. The van der Waals surface area contributed by atoms with Crippen molar-refractivity contribution in [3.63, 3.8) is 0 Å². The molecule has 0 fully saturated rings. The number of ether oxygens (including phenoxy) is 1. The first kappa shape index (κ1) is 18.6. The van der Waals surface area contributed by atoms with E-state index in [4.69, 9.17) is 44.0 Å². The zero-order valence-corrected chi connectivity index (χ0v) is 15.8. The number of aryl methyl sites for hydroxylation is 1. The molecule has 136 valence electrons. The van der Waals surface area contributed by atoms with Crippen molar-refractivity contribution in [2.75, 3.05) is 6.54 Å². The summed E-state index contributed by atoms with van der Waals surface area (Å²) < 4.78 is 10.6. The molecule has 0 aliphatic heterocycles. The van der Waals surface area contributed by atoms with Gasteiger partial charge in [0.2, 0.25) is 9.67 Å². The van der Waals surface area contributed by atoms with E-state index in [1.165, 1.54) is 10.9 Å². The lowest BCUT2D eigenvalue weighted by Gasteiger charge is -2.12. The molecule has 0 aliphatic rings. The van der Waals surface area contributed by atoms with Gasteiger partial charge in [-0.2, -0.15) is 9.78 Å². The topological polar surface area (TPSA) is 69.3 Å². The molecule has 2 heterocycles. The Labute approximate surface area is 164 Å². The van der Waals surface area contributed by atoms with Crippen molar-refractivity contribution in [3.8, 4) is 23.0 Å². The second-order valence-corrected chi connectivity index (χ2v) is 7.97. The Bertz CT molecular complexity index is 884. The molecule has 1 aromatic carbocycles. The number of rotatable bonds is 4. The standard InChI is InChI=1S/C17H14Cl3N3O3/c1-11-4-6-12(7-5-11)23-15(26-16(24)21-10-17(18,19)20)9-13(22-23)14-3-2-8-25-14/h2-9H,10H2,1H3,(H,21,24). The van der Waals surface area contributed by atoms with E-state index in [0.717, 1.165) is 11.3 Å². The van der Waals surface area contributed by atoms with Gasteiger partial charge in [0.1, 0.15) is 5.69 Å². The number of halogens is 3. The highest BCUT2D eigenvalue weighted by Gasteiger charge is 2.22. The van der Waals surface area contributed by atoms with E-state index in [2.05, 4.69) is 10.4 Å². The third-order valence-corrected chi connectivity index (χ3v) is 3.76. The van der Waals surface area contributed by atoms with Crippen LogP contribution in [0.25, 0.3) is 17.1 Å². The molecule has 0 aliphatic carbocycles. The highest BCUT2D eigenvalue weighted by Crippen LogP contribution is 2.27. The van der Waals surface area contributed by atoms with Gasteiger partial charge in [-0.05, 0) is 31.2 Å². The summed E-state index contributed by atoms with van der Waals surface area (Å²) in [6.45, 7) is 1.78. The molecule has 0 saturated carbocycles. The van der Waals surface area contributed by atoms with Crippen molar-refractivity contribution in [1.82, 2.24) is 15.1 Å². The number of hydrogen-bond acceptors (Lipinski definition) is 4. The minimum atomic E-state index is -1.62. The number of nitrogens with zero attached hydrogens (tertiary/aromatic N) is 2. The highest BCUT2D eigenvalue weighted by molar-refractivity contribution is 6.67. The molecule has 0 atom stereocenters. The number of carbonyl (C=O) groups is 1. The summed E-state index contributed by atoms with van der Waals surface area (Å²) in [6, 6.07) is 12.7. The van der Waals surface area contributed by atoms with Gasteiger partial charge < -0.3 is 14.5 Å². The molecule has 0 radical (unpaired) electrons. The van der Waals surface area contributed by atoms with Crippen LogP contribution >= 0.6 is 34.8 Å². The Morgan fingerprint density at radius 2 is 2.00 bits per heavy atom. The maximum Gasteiger partial charge on any atom is 0.414 e. The molecule has 3 rings (SSSR count). The maximum atomic E-state index is 12.0. The summed E-state index contributed by atoms with van der Waals surface area (Å²) in [5.41, 5.74) is 2.33. The highest BCUT2D eigenvalue weighted by atomic mass is 35.6. The molecule has 1 amide bonds. The lowest BCUT2D eigenvalue weighted by molar-refractivity contribution is 0.197. The zero-order valence-electron chi connectivity index (χ0n) is 13.6. The molecule has 6 nitrogen and oxygen atoms in total. The Morgan fingerprint density at radius 1 is 1.27 bits per heavy atom. The second-order valence-electron chi connectivity index (χ2n) is 5.45. The predicted octanol–water partition coefficient (Wildman–Crippen LogP) is 4.90. The molecule has 26 heavy (non-hydrogen) atoms. The second kappa shape index (κ2) is 7.61. The van der Waals surface area contributed by atoms with Crippen LogP contribution in [0.2, 0.25) is 0 Å². The van der Waals surface area contributed by atoms with Crippen LogP contribution in [0.4, 0.5) is 4.79 Å². The number of alkyl halides is 3. The molecule has 9 heteroatoms. The number of carbonyl (C=O) groups excluding carboxylic acids is 1. The maximum absolute atomic E-state index is 12.0. The predicted molar refractivity (Wildman–Crippen MR) is 100 cm³/mol. The number of aromatic nitrogens is 2. The summed E-state index contributed by atoms with van der Waals surface area (Å²) in [4.78, 5) is 12.0. The third kappa shape index (κ3) is 4.72. The van der Waals surface area contributed by atoms with E-state index >= 15 is 0 Å². The molecule has 0 spiro atoms. The Kier molecular flexibility index (Phi) is 5.46. The number of amides is 1. The van der Waals surface area contributed by atoms with Crippen molar-refractivity contribution in [2.45, 2.75) is 10.7 Å². The van der Waals surface area contributed by atoms with Gasteiger partial charge in [0.15, 0.2) is 5.76 Å². The fourth-order valence-corrected chi connectivity index (χ4v) is 2.36. The van der Waals surface area contributed by atoms with E-state index in [1.54, 1.807) is 18.2 Å². The minimum absolute atomic E-state index is 0.194. The quantitative estimate of drug-likeness (QED) is 0.617. The molecule has 0 bridgehead atoms.